The van der Waals surface area contributed by atoms with Crippen LogP contribution in [0.5, 0.6) is 0 Å². The fourth-order valence-corrected chi connectivity index (χ4v) is 3.00. The van der Waals surface area contributed by atoms with Gasteiger partial charge in [-0.05, 0) is 50.5 Å². The van der Waals surface area contributed by atoms with Crippen LogP contribution in [0.15, 0.2) is 29.2 Å². The first-order valence-corrected chi connectivity index (χ1v) is 7.95. The predicted molar refractivity (Wildman–Crippen MR) is 80.1 cm³/mol. The summed E-state index contributed by atoms with van der Waals surface area (Å²) in [5.74, 6) is 0.280. The molecule has 110 valence electrons. The summed E-state index contributed by atoms with van der Waals surface area (Å²) in [5.41, 5.74) is 4.85. The molecular formula is C15H21FN2OS. The Morgan fingerprint density at radius 3 is 2.80 bits per heavy atom. The number of benzene rings is 1. The standard InChI is InChI=1S/C15H21FN2OS/c1-15(14(17)19,18-11-7-8-11)9-4-10-20-13-6-3-2-5-12(13)16/h2-3,5-6,11,18H,4,7-10H2,1H3,(H2,17,19). The molecule has 1 aromatic rings. The maximum atomic E-state index is 13.5. The fraction of sp³-hybridized carbons (Fsp3) is 0.533. The molecule has 0 saturated heterocycles. The number of nitrogens with two attached hydrogens (primary N) is 1. The van der Waals surface area contributed by atoms with E-state index in [4.69, 9.17) is 5.73 Å². The Labute approximate surface area is 123 Å². The molecule has 0 heterocycles. The maximum Gasteiger partial charge on any atom is 0.237 e. The lowest BCUT2D eigenvalue weighted by Crippen LogP contribution is -2.54. The lowest BCUT2D eigenvalue weighted by Gasteiger charge is -2.27. The number of hydrogen-bond acceptors (Lipinski definition) is 3. The van der Waals surface area contributed by atoms with Crippen LogP contribution in [0.1, 0.15) is 32.6 Å². The van der Waals surface area contributed by atoms with Crippen LogP contribution in [-0.4, -0.2) is 23.2 Å². The summed E-state index contributed by atoms with van der Waals surface area (Å²) in [5, 5.41) is 3.32. The van der Waals surface area contributed by atoms with Crippen molar-refractivity contribution >= 4 is 17.7 Å². The number of hydrogen-bond donors (Lipinski definition) is 2. The average molecular weight is 296 g/mol. The van der Waals surface area contributed by atoms with Gasteiger partial charge in [0.25, 0.3) is 0 Å². The second kappa shape index (κ2) is 6.59. The highest BCUT2D eigenvalue weighted by Crippen LogP contribution is 2.27. The number of carbonyl (C=O) groups is 1. The second-order valence-electron chi connectivity index (χ2n) is 5.50. The van der Waals surface area contributed by atoms with Crippen molar-refractivity contribution in [3.8, 4) is 0 Å². The van der Waals surface area contributed by atoms with Gasteiger partial charge in [0.05, 0.1) is 5.54 Å². The van der Waals surface area contributed by atoms with Crippen LogP contribution in [0, 0.1) is 5.82 Å². The normalized spacial score (nSPS) is 17.7. The minimum Gasteiger partial charge on any atom is -0.368 e. The van der Waals surface area contributed by atoms with E-state index in [2.05, 4.69) is 5.32 Å². The largest absolute Gasteiger partial charge is 0.368 e. The van der Waals surface area contributed by atoms with Gasteiger partial charge in [-0.2, -0.15) is 0 Å². The molecule has 1 unspecified atom stereocenters. The molecule has 3 N–H and O–H groups in total. The van der Waals surface area contributed by atoms with E-state index in [9.17, 15) is 9.18 Å². The van der Waals surface area contributed by atoms with Gasteiger partial charge in [0.1, 0.15) is 5.82 Å². The molecule has 0 aromatic heterocycles. The van der Waals surface area contributed by atoms with Crippen LogP contribution < -0.4 is 11.1 Å². The zero-order valence-corrected chi connectivity index (χ0v) is 12.5. The van der Waals surface area contributed by atoms with E-state index in [1.54, 1.807) is 12.1 Å². The Bertz CT molecular complexity index is 479. The van der Waals surface area contributed by atoms with Crippen molar-refractivity contribution in [2.24, 2.45) is 5.73 Å². The van der Waals surface area contributed by atoms with Gasteiger partial charge in [0.2, 0.25) is 5.91 Å². The summed E-state index contributed by atoms with van der Waals surface area (Å²) in [4.78, 5) is 12.3. The Kier molecular flexibility index (Phi) is 5.05. The highest BCUT2D eigenvalue weighted by atomic mass is 32.2. The summed E-state index contributed by atoms with van der Waals surface area (Å²) < 4.78 is 13.5. The quantitative estimate of drug-likeness (QED) is 0.573. The molecule has 1 aromatic carbocycles. The maximum absolute atomic E-state index is 13.5. The van der Waals surface area contributed by atoms with E-state index in [-0.39, 0.29) is 11.7 Å². The number of nitrogens with one attached hydrogen (secondary N) is 1. The average Bonchev–Trinajstić information content (AvgIpc) is 3.20. The minimum absolute atomic E-state index is 0.189. The first-order valence-electron chi connectivity index (χ1n) is 6.96. The van der Waals surface area contributed by atoms with Crippen molar-refractivity contribution in [1.29, 1.82) is 0 Å². The van der Waals surface area contributed by atoms with Crippen molar-refractivity contribution in [2.75, 3.05) is 5.75 Å². The molecule has 1 saturated carbocycles. The van der Waals surface area contributed by atoms with Crippen molar-refractivity contribution in [3.63, 3.8) is 0 Å². The molecule has 1 aliphatic carbocycles. The first-order chi connectivity index (χ1) is 9.51. The predicted octanol–water partition coefficient (Wildman–Crippen LogP) is 2.69. The van der Waals surface area contributed by atoms with Crippen LogP contribution >= 0.6 is 11.8 Å². The smallest absolute Gasteiger partial charge is 0.237 e. The highest BCUT2D eigenvalue weighted by Gasteiger charge is 2.36. The molecule has 20 heavy (non-hydrogen) atoms. The lowest BCUT2D eigenvalue weighted by molar-refractivity contribution is -0.124. The minimum atomic E-state index is -0.642. The van der Waals surface area contributed by atoms with Gasteiger partial charge in [-0.3, -0.25) is 4.79 Å². The molecule has 1 amide bonds. The Hall–Kier alpha value is -1.07. The SMILES string of the molecule is CC(CCCSc1ccccc1F)(NC1CC1)C(N)=O. The molecular weight excluding hydrogens is 275 g/mol. The van der Waals surface area contributed by atoms with Crippen LogP contribution in [0.25, 0.3) is 0 Å². The molecule has 0 aliphatic heterocycles. The molecule has 5 heteroatoms. The third kappa shape index (κ3) is 4.21. The number of halogens is 1. The van der Waals surface area contributed by atoms with Gasteiger partial charge in [0, 0.05) is 10.9 Å². The number of primary amides is 1. The summed E-state index contributed by atoms with van der Waals surface area (Å²) in [6.07, 6.45) is 3.73. The summed E-state index contributed by atoms with van der Waals surface area (Å²) >= 11 is 1.48. The highest BCUT2D eigenvalue weighted by molar-refractivity contribution is 7.99. The van der Waals surface area contributed by atoms with E-state index >= 15 is 0 Å². The van der Waals surface area contributed by atoms with Gasteiger partial charge in [-0.15, -0.1) is 11.8 Å². The number of rotatable bonds is 8. The molecule has 0 bridgehead atoms. The van der Waals surface area contributed by atoms with E-state index in [0.29, 0.717) is 17.4 Å². The summed E-state index contributed by atoms with van der Waals surface area (Å²) in [6.45, 7) is 1.86. The molecule has 1 atom stereocenters. The van der Waals surface area contributed by atoms with Crippen molar-refractivity contribution < 1.29 is 9.18 Å². The topological polar surface area (TPSA) is 55.1 Å². The third-order valence-corrected chi connectivity index (χ3v) is 4.69. The van der Waals surface area contributed by atoms with Crippen LogP contribution in [-0.2, 0) is 4.79 Å². The number of thioether (sulfide) groups is 1. The van der Waals surface area contributed by atoms with Gasteiger partial charge in [0.15, 0.2) is 0 Å². The van der Waals surface area contributed by atoms with E-state index in [0.717, 1.165) is 25.0 Å². The van der Waals surface area contributed by atoms with Crippen LogP contribution in [0.3, 0.4) is 0 Å². The summed E-state index contributed by atoms with van der Waals surface area (Å²) in [7, 11) is 0. The second-order valence-corrected chi connectivity index (χ2v) is 6.63. The molecule has 3 nitrogen and oxygen atoms in total. The zero-order valence-electron chi connectivity index (χ0n) is 11.7. The monoisotopic (exact) mass is 296 g/mol. The number of carbonyl (C=O) groups excluding carboxylic acids is 1. The molecule has 0 radical (unpaired) electrons. The first kappa shape index (κ1) is 15.3. The number of amides is 1. The van der Waals surface area contributed by atoms with E-state index in [1.807, 2.05) is 13.0 Å². The summed E-state index contributed by atoms with van der Waals surface area (Å²) in [6, 6.07) is 7.18. The molecule has 1 aliphatic rings. The fourth-order valence-electron chi connectivity index (χ4n) is 2.11. The Morgan fingerprint density at radius 1 is 1.50 bits per heavy atom. The van der Waals surface area contributed by atoms with Crippen LogP contribution in [0.2, 0.25) is 0 Å². The lowest BCUT2D eigenvalue weighted by atomic mass is 9.95. The molecule has 1 fully saturated rings. The Morgan fingerprint density at radius 2 is 2.20 bits per heavy atom. The Balaban J connectivity index is 1.78. The van der Waals surface area contributed by atoms with Gasteiger partial charge in [-0.25, -0.2) is 4.39 Å². The zero-order chi connectivity index (χ0) is 14.6. The third-order valence-electron chi connectivity index (χ3n) is 3.56. The van der Waals surface area contributed by atoms with Crippen molar-refractivity contribution in [3.05, 3.63) is 30.1 Å². The van der Waals surface area contributed by atoms with Crippen molar-refractivity contribution in [1.82, 2.24) is 5.32 Å². The van der Waals surface area contributed by atoms with Gasteiger partial charge in [-0.1, -0.05) is 12.1 Å². The molecule has 0 spiro atoms. The van der Waals surface area contributed by atoms with E-state index < -0.39 is 5.54 Å². The van der Waals surface area contributed by atoms with Gasteiger partial charge >= 0.3 is 0 Å². The molecule has 2 rings (SSSR count). The van der Waals surface area contributed by atoms with E-state index in [1.165, 1.54) is 17.8 Å². The van der Waals surface area contributed by atoms with Crippen molar-refractivity contribution in [2.45, 2.75) is 49.1 Å². The van der Waals surface area contributed by atoms with Crippen LogP contribution in [0.4, 0.5) is 4.39 Å². The van der Waals surface area contributed by atoms with Gasteiger partial charge < -0.3 is 11.1 Å².